The lowest BCUT2D eigenvalue weighted by Crippen LogP contribution is -2.61. The van der Waals surface area contributed by atoms with E-state index < -0.39 is 92.2 Å². The number of hydrogen-bond acceptors (Lipinski definition) is 21. The van der Waals surface area contributed by atoms with Crippen molar-refractivity contribution < 1.29 is 117 Å². The van der Waals surface area contributed by atoms with E-state index >= 15 is 0 Å². The van der Waals surface area contributed by atoms with Gasteiger partial charge in [-0.1, -0.05) is 45.6 Å². The van der Waals surface area contributed by atoms with Crippen LogP contribution in [0, 0.1) is 0 Å². The van der Waals surface area contributed by atoms with Crippen LogP contribution in [0.5, 0.6) is 11.5 Å². The van der Waals surface area contributed by atoms with Crippen molar-refractivity contribution in [1.29, 1.82) is 0 Å². The van der Waals surface area contributed by atoms with E-state index in [0.717, 1.165) is 0 Å². The molecular formula is C44H57N3O23. The van der Waals surface area contributed by atoms with Gasteiger partial charge in [-0.25, -0.2) is 9.59 Å². The van der Waals surface area contributed by atoms with E-state index in [1.807, 2.05) is 0 Å². The van der Waals surface area contributed by atoms with Crippen LogP contribution in [-0.2, 0) is 70.5 Å². The minimum absolute atomic E-state index is 0. The third kappa shape index (κ3) is 18.1. The summed E-state index contributed by atoms with van der Waals surface area (Å²) in [7, 11) is 0. The number of benzene rings is 2. The van der Waals surface area contributed by atoms with Crippen molar-refractivity contribution in [3.05, 3.63) is 83.6 Å². The van der Waals surface area contributed by atoms with E-state index in [-0.39, 0.29) is 61.5 Å². The molecule has 386 valence electrons. The third-order valence-electron chi connectivity index (χ3n) is 9.42. The molecule has 10 atom stereocenters. The zero-order valence-corrected chi connectivity index (χ0v) is 37.5. The Kier molecular flexibility index (Phi) is 23.0. The Morgan fingerprint density at radius 1 is 0.686 bits per heavy atom. The molecule has 1 aliphatic carbocycles. The van der Waals surface area contributed by atoms with Crippen LogP contribution in [0.2, 0.25) is 0 Å². The summed E-state index contributed by atoms with van der Waals surface area (Å²) >= 11 is 0. The number of anilines is 2. The number of amides is 3. The van der Waals surface area contributed by atoms with Crippen molar-refractivity contribution in [3.63, 3.8) is 0 Å². The first-order chi connectivity index (χ1) is 33.7. The normalized spacial score (nSPS) is 24.8. The van der Waals surface area contributed by atoms with Gasteiger partial charge in [0, 0.05) is 20.7 Å². The first-order valence-corrected chi connectivity index (χ1v) is 20.7. The molecule has 5 unspecified atom stereocenters. The van der Waals surface area contributed by atoms with E-state index in [1.54, 1.807) is 39.0 Å². The highest BCUT2D eigenvalue weighted by atomic mass is 16.7. The number of carboxylic acids is 2. The molecule has 2 saturated heterocycles. The van der Waals surface area contributed by atoms with Crippen LogP contribution in [0.3, 0.4) is 0 Å². The van der Waals surface area contributed by atoms with Gasteiger partial charge in [-0.15, -0.1) is 0 Å². The number of aromatic hydroxyl groups is 1. The summed E-state index contributed by atoms with van der Waals surface area (Å²) in [5.74, 6) is -4.15. The number of aliphatic hydroxyl groups is 7. The zero-order valence-electron chi connectivity index (χ0n) is 39.5. The molecule has 26 nitrogen and oxygen atoms in total. The van der Waals surface area contributed by atoms with Crippen molar-refractivity contribution in [2.45, 2.75) is 115 Å². The Morgan fingerprint density at radius 3 is 1.67 bits per heavy atom. The lowest BCUT2D eigenvalue weighted by atomic mass is 9.99. The Morgan fingerprint density at radius 2 is 1.16 bits per heavy atom. The van der Waals surface area contributed by atoms with Gasteiger partial charge in [-0.05, 0) is 53.1 Å². The van der Waals surface area contributed by atoms with E-state index in [4.69, 9.17) is 42.9 Å². The first kappa shape index (κ1) is 55.5. The van der Waals surface area contributed by atoms with Crippen LogP contribution >= 0.6 is 0 Å². The molecule has 2 aliphatic heterocycles. The number of carbonyl (C=O) groups excluding carboxylic acids is 6. The molecule has 26 heteroatoms. The van der Waals surface area contributed by atoms with E-state index in [1.165, 1.54) is 36.4 Å². The summed E-state index contributed by atoms with van der Waals surface area (Å²) in [6, 6.07) is 8.59. The molecule has 13 N–H and O–H groups in total. The van der Waals surface area contributed by atoms with E-state index in [9.17, 15) is 58.8 Å². The number of allylic oxidation sites excluding steroid dienone is 4. The lowest BCUT2D eigenvalue weighted by Gasteiger charge is -2.38. The molecule has 0 saturated carbocycles. The van der Waals surface area contributed by atoms with Gasteiger partial charge in [0.05, 0.1) is 17.1 Å². The summed E-state index contributed by atoms with van der Waals surface area (Å²) in [6.45, 7) is 8.37. The van der Waals surface area contributed by atoms with Crippen molar-refractivity contribution >= 4 is 59.7 Å². The molecule has 3 aliphatic rings. The van der Waals surface area contributed by atoms with Crippen LogP contribution < -0.4 is 20.7 Å². The standard InChI is InChI=1S/C17H21NO10.C11H13NO4.C10H11NO2.C6H10O7.H2/c1-2-11(20)18-9-5-8(6-26-7-19)3-4-10(9)27-17-14(23)12(21)13(22)15(28-17)16(24)25;1-2-11(15)12-9-5-8(6-16-7-13)3-4-10(9)14;1-3-10(13)11-8-6-7(2)4-5-9(8)12;7-1-2(8)4(5(10)11)13-6(12)3(1)9;/h3-5,7,12-15,17,21-23H,2,6H2,1H3,(H,18,20)(H,24,25);3-5,7,14H,2,6H2,1H3,(H,12,15);4-6H,2-3H2,1H3,(H,11,13);1-4,6-9,12H,(H,10,11);1H/t12-,13-,14?,15?,17+;;;1-,2?,3?,4?,6+;/m0..0./s1/i2*7D;;;1+1. The van der Waals surface area contributed by atoms with Crippen molar-refractivity contribution in [3.8, 4) is 11.5 Å². The monoisotopic (exact) mass is 998 g/mol. The number of ether oxygens (including phenoxy) is 5. The van der Waals surface area contributed by atoms with Crippen molar-refractivity contribution in [2.75, 3.05) is 10.6 Å². The number of aliphatic carboxylic acids is 2. The van der Waals surface area contributed by atoms with Gasteiger partial charge in [-0.3, -0.25) is 28.8 Å². The topological polar surface area (TPSA) is 421 Å². The fourth-order valence-electron chi connectivity index (χ4n) is 5.60. The molecule has 5 rings (SSSR count). The Labute approximate surface area is 402 Å². The summed E-state index contributed by atoms with van der Waals surface area (Å²) in [5.41, 5.74) is 2.36. The van der Waals surface area contributed by atoms with Crippen LogP contribution in [-0.4, -0.2) is 161 Å². The zero-order chi connectivity index (χ0) is 54.6. The van der Waals surface area contributed by atoms with E-state index in [0.29, 0.717) is 35.2 Å². The highest BCUT2D eigenvalue weighted by molar-refractivity contribution is 6.08. The molecule has 0 radical (unpaired) electrons. The van der Waals surface area contributed by atoms with Crippen LogP contribution in [0.1, 0.15) is 55.3 Å². The Bertz CT molecular complexity index is 2350. The minimum atomic E-state index is -1.87. The molecular weight excluding hydrogens is 938 g/mol. The fourth-order valence-corrected chi connectivity index (χ4v) is 5.60. The Hall–Kier alpha value is -7.14. The molecule has 0 aromatic heterocycles. The third-order valence-corrected chi connectivity index (χ3v) is 9.42. The maximum atomic E-state index is 11.8. The number of nitrogens with one attached hydrogen (secondary N) is 3. The van der Waals surface area contributed by atoms with Crippen molar-refractivity contribution in [2.24, 2.45) is 0 Å². The van der Waals surface area contributed by atoms with Gasteiger partial charge >= 0.3 is 11.9 Å². The minimum Gasteiger partial charge on any atom is -0.506 e. The SMILES string of the molecule is C=C1C=CC(=O)C(NC(=O)CC)=C1.O=C(O)C1O[C@@H](O)C(O)[C@@H](O)C1O.[2HH].[2H]C(=O)OCc1ccc(O)c(NC(=O)CC)c1.[2H]C(=O)OCc1ccc(O[C@@H]2OC(C(=O)O)[C@@H](O)[C@H](O)C2O)c(NC(=O)CC)c1. The molecule has 70 heavy (non-hydrogen) atoms. The average molecular weight is 999 g/mol. The predicted molar refractivity (Wildman–Crippen MR) is 237 cm³/mol. The molecule has 3 amide bonds. The second-order valence-corrected chi connectivity index (χ2v) is 14.6. The maximum Gasteiger partial charge on any atom is 0.335 e. The number of ketones is 1. The summed E-state index contributed by atoms with van der Waals surface area (Å²) < 4.78 is 37.2. The van der Waals surface area contributed by atoms with Gasteiger partial charge in [0.1, 0.15) is 61.3 Å². The Balaban J connectivity index is 0.000000518. The first-order valence-electron chi connectivity index (χ1n) is 21.7. The fraction of sp³-hybridized carbons (Fsp3) is 0.409. The number of carbonyl (C=O) groups is 8. The molecule has 2 aromatic rings. The second kappa shape index (κ2) is 29.0. The van der Waals surface area contributed by atoms with Crippen LogP contribution in [0.4, 0.5) is 11.4 Å². The maximum absolute atomic E-state index is 11.8. The smallest absolute Gasteiger partial charge is 0.335 e. The van der Waals surface area contributed by atoms with Crippen molar-refractivity contribution in [1.82, 2.24) is 5.32 Å². The number of phenols is 1. The molecule has 2 fully saturated rings. The highest BCUT2D eigenvalue weighted by Crippen LogP contribution is 2.31. The summed E-state index contributed by atoms with van der Waals surface area (Å²) in [6.07, 6.45) is -14.7. The number of aliphatic hydroxyl groups excluding tert-OH is 7. The van der Waals surface area contributed by atoms with Gasteiger partial charge in [0.25, 0.3) is 12.9 Å². The largest absolute Gasteiger partial charge is 0.506 e. The van der Waals surface area contributed by atoms with E-state index in [2.05, 4.69) is 36.7 Å². The molecule has 2 heterocycles. The van der Waals surface area contributed by atoms with Crippen LogP contribution in [0.25, 0.3) is 0 Å². The number of phenolic OH excluding ortho intramolecular Hbond substituents is 1. The number of carboxylic acid groups (broad SMARTS) is 2. The van der Waals surface area contributed by atoms with Crippen LogP contribution in [0.15, 0.2) is 72.5 Å². The molecule has 0 bridgehead atoms. The molecule has 2 aromatic carbocycles. The number of rotatable bonds is 14. The summed E-state index contributed by atoms with van der Waals surface area (Å²) in [4.78, 5) is 87.6. The number of hydrogen-bond donors (Lipinski definition) is 13. The molecule has 0 spiro atoms. The van der Waals surface area contributed by atoms with Gasteiger partial charge in [0.15, 0.2) is 21.2 Å². The average Bonchev–Trinajstić information content (AvgIpc) is 3.33. The highest BCUT2D eigenvalue weighted by Gasteiger charge is 2.48. The quantitative estimate of drug-likeness (QED) is 0.0765. The van der Waals surface area contributed by atoms with Gasteiger partial charge in [-0.2, -0.15) is 0 Å². The lowest BCUT2D eigenvalue weighted by molar-refractivity contribution is -0.279. The predicted octanol–water partition coefficient (Wildman–Crippen LogP) is -1.40. The van der Waals surface area contributed by atoms with Gasteiger partial charge < -0.3 is 90.7 Å². The summed E-state index contributed by atoms with van der Waals surface area (Å²) in [5, 5.41) is 100. The van der Waals surface area contributed by atoms with Gasteiger partial charge in [0.2, 0.25) is 29.8 Å². The second-order valence-electron chi connectivity index (χ2n) is 14.6.